The van der Waals surface area contributed by atoms with Crippen molar-refractivity contribution in [3.63, 3.8) is 0 Å². The number of hydrogen-bond donors (Lipinski definition) is 1. The SMILES string of the molecule is COC(=O)CC=Cc1ccc(N)c(C)c1C. The van der Waals surface area contributed by atoms with Gasteiger partial charge in [-0.05, 0) is 36.6 Å². The molecule has 0 aromatic heterocycles. The molecule has 0 aliphatic carbocycles. The maximum Gasteiger partial charge on any atom is 0.309 e. The normalized spacial score (nSPS) is 10.7. The molecule has 0 fully saturated rings. The zero-order chi connectivity index (χ0) is 12.1. The summed E-state index contributed by atoms with van der Waals surface area (Å²) in [5.41, 5.74) is 9.89. The lowest BCUT2D eigenvalue weighted by Gasteiger charge is -2.07. The van der Waals surface area contributed by atoms with Crippen molar-refractivity contribution in [1.29, 1.82) is 0 Å². The third-order valence-electron chi connectivity index (χ3n) is 2.68. The Kier molecular flexibility index (Phi) is 4.11. The maximum atomic E-state index is 10.9. The molecule has 0 unspecified atom stereocenters. The zero-order valence-corrected chi connectivity index (χ0v) is 9.91. The first-order valence-electron chi connectivity index (χ1n) is 5.15. The number of carbonyl (C=O) groups excluding carboxylic acids is 1. The molecule has 0 aliphatic heterocycles. The Bertz CT molecular complexity index is 422. The third-order valence-corrected chi connectivity index (χ3v) is 2.68. The van der Waals surface area contributed by atoms with Crippen LogP contribution in [0.5, 0.6) is 0 Å². The van der Waals surface area contributed by atoms with Crippen molar-refractivity contribution in [3.05, 3.63) is 34.9 Å². The summed E-state index contributed by atoms with van der Waals surface area (Å²) in [6.45, 7) is 4.01. The van der Waals surface area contributed by atoms with E-state index in [-0.39, 0.29) is 5.97 Å². The van der Waals surface area contributed by atoms with Crippen LogP contribution in [-0.2, 0) is 9.53 Å². The Morgan fingerprint density at radius 2 is 2.06 bits per heavy atom. The van der Waals surface area contributed by atoms with E-state index in [0.717, 1.165) is 22.4 Å². The minimum absolute atomic E-state index is 0.235. The summed E-state index contributed by atoms with van der Waals surface area (Å²) in [5.74, 6) is -0.235. The fraction of sp³-hybridized carbons (Fsp3) is 0.308. The number of nitrogen functional groups attached to an aromatic ring is 1. The molecule has 0 atom stereocenters. The van der Waals surface area contributed by atoms with Gasteiger partial charge in [0.2, 0.25) is 0 Å². The average molecular weight is 219 g/mol. The van der Waals surface area contributed by atoms with Crippen LogP contribution >= 0.6 is 0 Å². The smallest absolute Gasteiger partial charge is 0.309 e. The lowest BCUT2D eigenvalue weighted by atomic mass is 10.0. The largest absolute Gasteiger partial charge is 0.469 e. The number of carbonyl (C=O) groups is 1. The molecule has 3 nitrogen and oxygen atoms in total. The maximum absolute atomic E-state index is 10.9. The number of hydrogen-bond acceptors (Lipinski definition) is 3. The van der Waals surface area contributed by atoms with Crippen LogP contribution in [0.25, 0.3) is 6.08 Å². The van der Waals surface area contributed by atoms with Crippen molar-refractivity contribution < 1.29 is 9.53 Å². The molecule has 0 saturated heterocycles. The molecule has 16 heavy (non-hydrogen) atoms. The molecule has 0 radical (unpaired) electrons. The van der Waals surface area contributed by atoms with Crippen molar-refractivity contribution in [1.82, 2.24) is 0 Å². The highest BCUT2D eigenvalue weighted by molar-refractivity contribution is 5.73. The number of methoxy groups -OCH3 is 1. The summed E-state index contributed by atoms with van der Waals surface area (Å²) in [6.07, 6.45) is 4.00. The van der Waals surface area contributed by atoms with Crippen molar-refractivity contribution in [2.75, 3.05) is 12.8 Å². The van der Waals surface area contributed by atoms with Gasteiger partial charge in [0.15, 0.2) is 0 Å². The van der Waals surface area contributed by atoms with E-state index in [9.17, 15) is 4.79 Å². The Morgan fingerprint density at radius 1 is 1.38 bits per heavy atom. The first kappa shape index (κ1) is 12.3. The molecule has 86 valence electrons. The summed E-state index contributed by atoms with van der Waals surface area (Å²) in [6, 6.07) is 3.82. The monoisotopic (exact) mass is 219 g/mol. The molecule has 0 heterocycles. The van der Waals surface area contributed by atoms with Gasteiger partial charge in [0.25, 0.3) is 0 Å². The lowest BCUT2D eigenvalue weighted by molar-refractivity contribution is -0.139. The first-order valence-corrected chi connectivity index (χ1v) is 5.15. The number of rotatable bonds is 3. The molecule has 1 aromatic carbocycles. The minimum Gasteiger partial charge on any atom is -0.469 e. The summed E-state index contributed by atoms with van der Waals surface area (Å²) in [4.78, 5) is 10.9. The molecular formula is C13H17NO2. The summed E-state index contributed by atoms with van der Waals surface area (Å²) < 4.78 is 4.55. The fourth-order valence-corrected chi connectivity index (χ4v) is 1.41. The van der Waals surface area contributed by atoms with Crippen LogP contribution in [0.15, 0.2) is 18.2 Å². The Morgan fingerprint density at radius 3 is 2.69 bits per heavy atom. The van der Waals surface area contributed by atoms with Gasteiger partial charge in [0, 0.05) is 5.69 Å². The molecule has 1 rings (SSSR count). The van der Waals surface area contributed by atoms with Crippen LogP contribution in [0.1, 0.15) is 23.1 Å². The van der Waals surface area contributed by atoms with Crippen LogP contribution in [-0.4, -0.2) is 13.1 Å². The van der Waals surface area contributed by atoms with Crippen molar-refractivity contribution in [2.24, 2.45) is 0 Å². The van der Waals surface area contributed by atoms with Crippen LogP contribution in [0.3, 0.4) is 0 Å². The van der Waals surface area contributed by atoms with Crippen molar-refractivity contribution >= 4 is 17.7 Å². The summed E-state index contributed by atoms with van der Waals surface area (Å²) in [5, 5.41) is 0. The number of benzene rings is 1. The second-order valence-corrected chi connectivity index (χ2v) is 3.68. The van der Waals surface area contributed by atoms with E-state index in [0.29, 0.717) is 6.42 Å². The molecule has 2 N–H and O–H groups in total. The summed E-state index contributed by atoms with van der Waals surface area (Å²) >= 11 is 0. The van der Waals surface area contributed by atoms with Crippen LogP contribution in [0.2, 0.25) is 0 Å². The number of nitrogens with two attached hydrogens (primary N) is 1. The van der Waals surface area contributed by atoms with Crippen LogP contribution < -0.4 is 5.73 Å². The second-order valence-electron chi connectivity index (χ2n) is 3.68. The topological polar surface area (TPSA) is 52.3 Å². The second kappa shape index (κ2) is 5.35. The van der Waals surface area contributed by atoms with E-state index in [1.807, 2.05) is 32.1 Å². The van der Waals surface area contributed by atoms with Gasteiger partial charge in [-0.15, -0.1) is 0 Å². The first-order chi connectivity index (χ1) is 7.56. The molecular weight excluding hydrogens is 202 g/mol. The zero-order valence-electron chi connectivity index (χ0n) is 9.91. The van der Waals surface area contributed by atoms with Gasteiger partial charge in [-0.25, -0.2) is 0 Å². The fourth-order valence-electron chi connectivity index (χ4n) is 1.41. The average Bonchev–Trinajstić information content (AvgIpc) is 2.29. The number of ether oxygens (including phenoxy) is 1. The molecule has 0 amide bonds. The van der Waals surface area contributed by atoms with Gasteiger partial charge in [-0.2, -0.15) is 0 Å². The van der Waals surface area contributed by atoms with E-state index in [4.69, 9.17) is 5.73 Å². The standard InChI is InChI=1S/C13H17NO2/c1-9-10(2)12(14)8-7-11(9)5-4-6-13(15)16-3/h4-5,7-8H,6,14H2,1-3H3. The Labute approximate surface area is 95.9 Å². The van der Waals surface area contributed by atoms with Gasteiger partial charge in [-0.1, -0.05) is 18.2 Å². The van der Waals surface area contributed by atoms with Gasteiger partial charge < -0.3 is 10.5 Å². The highest BCUT2D eigenvalue weighted by Gasteiger charge is 2.01. The van der Waals surface area contributed by atoms with Crippen LogP contribution in [0.4, 0.5) is 5.69 Å². The van der Waals surface area contributed by atoms with Crippen molar-refractivity contribution in [3.8, 4) is 0 Å². The highest BCUT2D eigenvalue weighted by atomic mass is 16.5. The molecule has 1 aromatic rings. The molecule has 0 aliphatic rings. The summed E-state index contributed by atoms with van der Waals surface area (Å²) in [7, 11) is 1.38. The van der Waals surface area contributed by atoms with Gasteiger partial charge in [0.1, 0.15) is 0 Å². The molecule has 0 saturated carbocycles. The minimum atomic E-state index is -0.235. The molecule has 0 spiro atoms. The van der Waals surface area contributed by atoms with Gasteiger partial charge in [-0.3, -0.25) is 4.79 Å². The van der Waals surface area contributed by atoms with E-state index < -0.39 is 0 Å². The molecule has 0 bridgehead atoms. The van der Waals surface area contributed by atoms with E-state index in [2.05, 4.69) is 4.74 Å². The van der Waals surface area contributed by atoms with Crippen molar-refractivity contribution in [2.45, 2.75) is 20.3 Å². The Balaban J connectivity index is 2.82. The predicted molar refractivity (Wildman–Crippen MR) is 66.0 cm³/mol. The third kappa shape index (κ3) is 2.86. The lowest BCUT2D eigenvalue weighted by Crippen LogP contribution is -1.97. The van der Waals surface area contributed by atoms with Crippen LogP contribution in [0, 0.1) is 13.8 Å². The molecule has 3 heteroatoms. The Hall–Kier alpha value is -1.77. The number of anilines is 1. The van der Waals surface area contributed by atoms with E-state index in [1.54, 1.807) is 6.08 Å². The van der Waals surface area contributed by atoms with E-state index >= 15 is 0 Å². The number of esters is 1. The van der Waals surface area contributed by atoms with E-state index in [1.165, 1.54) is 7.11 Å². The van der Waals surface area contributed by atoms with Gasteiger partial charge >= 0.3 is 5.97 Å². The highest BCUT2D eigenvalue weighted by Crippen LogP contribution is 2.20. The quantitative estimate of drug-likeness (QED) is 0.627. The van der Waals surface area contributed by atoms with Gasteiger partial charge in [0.05, 0.1) is 13.5 Å². The predicted octanol–water partition coefficient (Wildman–Crippen LogP) is 2.46.